The fourth-order valence-electron chi connectivity index (χ4n) is 3.99. The van der Waals surface area contributed by atoms with Crippen LogP contribution in [-0.2, 0) is 25.7 Å². The van der Waals surface area contributed by atoms with Crippen LogP contribution in [0.1, 0.15) is 76.7 Å². The van der Waals surface area contributed by atoms with Crippen molar-refractivity contribution in [3.63, 3.8) is 0 Å². The van der Waals surface area contributed by atoms with E-state index in [0.29, 0.717) is 12.0 Å². The summed E-state index contributed by atoms with van der Waals surface area (Å²) in [5.74, 6) is 0.114. The van der Waals surface area contributed by atoms with Crippen molar-refractivity contribution in [3.8, 4) is 5.75 Å². The molecule has 0 aromatic heterocycles. The second-order valence-corrected chi connectivity index (χ2v) is 10.0. The van der Waals surface area contributed by atoms with Crippen LogP contribution in [0.5, 0.6) is 5.75 Å². The number of ether oxygens (including phenoxy) is 1. The van der Waals surface area contributed by atoms with Crippen LogP contribution in [-0.4, -0.2) is 66.2 Å². The highest BCUT2D eigenvalue weighted by Gasteiger charge is 2.46. The Morgan fingerprint density at radius 2 is 1.44 bits per heavy atom. The number of aliphatic hydroxyl groups is 4. The van der Waals surface area contributed by atoms with E-state index in [2.05, 4.69) is 6.92 Å². The van der Waals surface area contributed by atoms with Crippen molar-refractivity contribution in [3.05, 3.63) is 29.8 Å². The van der Waals surface area contributed by atoms with Crippen molar-refractivity contribution in [2.24, 2.45) is 0 Å². The fraction of sp³-hybridized carbons (Fsp3) is 0.750. The third-order valence-electron chi connectivity index (χ3n) is 6.03. The van der Waals surface area contributed by atoms with Gasteiger partial charge in [0.15, 0.2) is 0 Å². The average Bonchev–Trinajstić information content (AvgIpc) is 2.81. The molecular weight excluding hydrogens is 464 g/mol. The van der Waals surface area contributed by atoms with Crippen LogP contribution in [0.2, 0.25) is 0 Å². The van der Waals surface area contributed by atoms with E-state index < -0.39 is 47.7 Å². The van der Waals surface area contributed by atoms with Gasteiger partial charge in [0.25, 0.3) is 0 Å². The summed E-state index contributed by atoms with van der Waals surface area (Å²) >= 11 is 0. The van der Waals surface area contributed by atoms with E-state index in [0.717, 1.165) is 19.3 Å². The first-order chi connectivity index (χ1) is 16.3. The molecule has 1 saturated heterocycles. The first-order valence-electron chi connectivity index (χ1n) is 12.3. The van der Waals surface area contributed by atoms with Gasteiger partial charge in [-0.2, -0.15) is 8.42 Å². The molecule has 0 saturated carbocycles. The lowest BCUT2D eigenvalue weighted by atomic mass is 10.00. The topological polar surface area (TPSA) is 143 Å². The molecule has 0 bridgehead atoms. The summed E-state index contributed by atoms with van der Waals surface area (Å²) < 4.78 is 39.9. The van der Waals surface area contributed by atoms with Crippen molar-refractivity contribution in [2.75, 3.05) is 6.61 Å². The molecule has 1 aromatic rings. The number of hydrogen-bond donors (Lipinski definition) is 4. The van der Waals surface area contributed by atoms with E-state index in [1.54, 1.807) is 18.2 Å². The number of aliphatic hydroxyl groups excluding tert-OH is 4. The summed E-state index contributed by atoms with van der Waals surface area (Å²) in [6, 6.07) is 6.73. The quantitative estimate of drug-likeness (QED) is 0.250. The molecule has 4 N–H and O–H groups in total. The maximum absolute atomic E-state index is 12.4. The standard InChI is InChI=1S/C24H40O9S/c1-2-3-4-5-6-7-8-9-10-11-14-18-15-12-13-16-19(18)32-34(29,30)33-24-23(28)22(27)21(26)20(17-25)31-24/h12-13,15-16,20-28H,2-11,14,17H2,1H3/t20-,21+,22+,23-,24+/m1/s1. The van der Waals surface area contributed by atoms with Gasteiger partial charge in [0.1, 0.15) is 30.2 Å². The van der Waals surface area contributed by atoms with Gasteiger partial charge in [-0.25, -0.2) is 4.18 Å². The molecule has 2 rings (SSSR count). The largest absolute Gasteiger partial charge is 0.451 e. The number of benzene rings is 1. The summed E-state index contributed by atoms with van der Waals surface area (Å²) in [5.41, 5.74) is 0.711. The number of rotatable bonds is 16. The Labute approximate surface area is 203 Å². The molecule has 5 atom stereocenters. The highest BCUT2D eigenvalue weighted by atomic mass is 32.3. The van der Waals surface area contributed by atoms with Gasteiger partial charge in [0.05, 0.1) is 6.61 Å². The molecule has 0 aliphatic carbocycles. The van der Waals surface area contributed by atoms with Gasteiger partial charge >= 0.3 is 10.4 Å². The summed E-state index contributed by atoms with van der Waals surface area (Å²) in [7, 11) is -4.67. The monoisotopic (exact) mass is 504 g/mol. The van der Waals surface area contributed by atoms with E-state index in [-0.39, 0.29) is 5.75 Å². The predicted octanol–water partition coefficient (Wildman–Crippen LogP) is 2.59. The molecule has 0 amide bonds. The SMILES string of the molecule is CCCCCCCCCCCCc1ccccc1OS(=O)(=O)O[C@@H]1O[C@H](CO)[C@H](O)[C@H](O)[C@H]1O. The van der Waals surface area contributed by atoms with Crippen LogP contribution < -0.4 is 4.18 Å². The summed E-state index contributed by atoms with van der Waals surface area (Å²) in [6.07, 6.45) is 4.27. The maximum Gasteiger partial charge on any atom is 0.451 e. The minimum absolute atomic E-state index is 0.114. The Balaban J connectivity index is 1.82. The first-order valence-corrected chi connectivity index (χ1v) is 13.6. The van der Waals surface area contributed by atoms with Crippen LogP contribution in [0.25, 0.3) is 0 Å². The lowest BCUT2D eigenvalue weighted by Gasteiger charge is -2.38. The molecule has 10 heteroatoms. The Bertz CT molecular complexity index is 799. The number of para-hydroxylation sites is 1. The van der Waals surface area contributed by atoms with Gasteiger partial charge in [-0.15, -0.1) is 0 Å². The van der Waals surface area contributed by atoms with E-state index >= 15 is 0 Å². The van der Waals surface area contributed by atoms with Crippen molar-refractivity contribution < 1.29 is 41.9 Å². The molecule has 1 aromatic carbocycles. The Morgan fingerprint density at radius 3 is 2.06 bits per heavy atom. The molecule has 1 heterocycles. The van der Waals surface area contributed by atoms with E-state index in [1.165, 1.54) is 51.0 Å². The zero-order valence-electron chi connectivity index (χ0n) is 19.9. The van der Waals surface area contributed by atoms with E-state index in [9.17, 15) is 28.8 Å². The van der Waals surface area contributed by atoms with Crippen molar-refractivity contribution >= 4 is 10.4 Å². The van der Waals surface area contributed by atoms with Crippen LogP contribution >= 0.6 is 0 Å². The van der Waals surface area contributed by atoms with Gasteiger partial charge in [0, 0.05) is 0 Å². The smallest absolute Gasteiger partial charge is 0.394 e. The fourth-order valence-corrected chi connectivity index (χ4v) is 4.80. The number of hydrogen-bond acceptors (Lipinski definition) is 9. The van der Waals surface area contributed by atoms with Crippen LogP contribution in [0.3, 0.4) is 0 Å². The van der Waals surface area contributed by atoms with Crippen molar-refractivity contribution in [1.29, 1.82) is 0 Å². The number of unbranched alkanes of at least 4 members (excludes halogenated alkanes) is 9. The first kappa shape index (κ1) is 29.0. The van der Waals surface area contributed by atoms with Crippen LogP contribution in [0.4, 0.5) is 0 Å². The Kier molecular flexibility index (Phi) is 12.8. The Morgan fingerprint density at radius 1 is 0.853 bits per heavy atom. The summed E-state index contributed by atoms with van der Waals surface area (Å²) in [5, 5.41) is 38.9. The maximum atomic E-state index is 12.4. The van der Waals surface area contributed by atoms with Crippen molar-refractivity contribution in [2.45, 2.75) is 108 Å². The van der Waals surface area contributed by atoms with E-state index in [4.69, 9.17) is 13.1 Å². The zero-order chi connectivity index (χ0) is 25.0. The predicted molar refractivity (Wildman–Crippen MR) is 126 cm³/mol. The van der Waals surface area contributed by atoms with Gasteiger partial charge < -0.3 is 29.3 Å². The molecule has 0 spiro atoms. The minimum atomic E-state index is -4.67. The molecule has 1 fully saturated rings. The average molecular weight is 505 g/mol. The molecular formula is C24H40O9S. The molecule has 1 aliphatic rings. The highest BCUT2D eigenvalue weighted by molar-refractivity contribution is 7.82. The highest BCUT2D eigenvalue weighted by Crippen LogP contribution is 2.26. The van der Waals surface area contributed by atoms with Gasteiger partial charge in [-0.05, 0) is 24.5 Å². The van der Waals surface area contributed by atoms with Gasteiger partial charge in [0.2, 0.25) is 6.29 Å². The minimum Gasteiger partial charge on any atom is -0.394 e. The van der Waals surface area contributed by atoms with Crippen LogP contribution in [0, 0.1) is 0 Å². The van der Waals surface area contributed by atoms with Gasteiger partial charge in [-0.1, -0.05) is 82.9 Å². The van der Waals surface area contributed by atoms with Crippen LogP contribution in [0.15, 0.2) is 24.3 Å². The number of aryl methyl sites for hydroxylation is 1. The second kappa shape index (κ2) is 15.0. The van der Waals surface area contributed by atoms with Crippen molar-refractivity contribution in [1.82, 2.24) is 0 Å². The lowest BCUT2D eigenvalue weighted by Crippen LogP contribution is -2.59. The third-order valence-corrected chi connectivity index (χ3v) is 6.83. The molecule has 0 radical (unpaired) electrons. The molecule has 0 unspecified atom stereocenters. The Hall–Kier alpha value is -1.27. The molecule has 34 heavy (non-hydrogen) atoms. The van der Waals surface area contributed by atoms with E-state index in [1.807, 2.05) is 0 Å². The normalized spacial score (nSPS) is 25.4. The third kappa shape index (κ3) is 9.41. The molecule has 1 aliphatic heterocycles. The molecule has 9 nitrogen and oxygen atoms in total. The second-order valence-electron chi connectivity index (χ2n) is 8.82. The summed E-state index contributed by atoms with van der Waals surface area (Å²) in [4.78, 5) is 0. The molecule has 196 valence electrons. The zero-order valence-corrected chi connectivity index (χ0v) is 20.7. The van der Waals surface area contributed by atoms with Gasteiger partial charge in [-0.3, -0.25) is 0 Å². The lowest BCUT2D eigenvalue weighted by molar-refractivity contribution is -0.277. The summed E-state index contributed by atoms with van der Waals surface area (Å²) in [6.45, 7) is 1.51.